The Labute approximate surface area is 115 Å². The summed E-state index contributed by atoms with van der Waals surface area (Å²) in [6.45, 7) is 8.67. The molecule has 1 saturated heterocycles. The second kappa shape index (κ2) is 7.03. The number of ether oxygens (including phenoxy) is 1. The number of rotatable bonds is 6. The first kappa shape index (κ1) is 14.5. The van der Waals surface area contributed by atoms with Gasteiger partial charge in [-0.3, -0.25) is 9.58 Å². The normalized spacial score (nSPS) is 22.6. The molecule has 0 amide bonds. The fourth-order valence-electron chi connectivity index (χ4n) is 2.67. The number of hydrogen-bond donors (Lipinski definition) is 1. The molecule has 0 bridgehead atoms. The molecule has 5 nitrogen and oxygen atoms in total. The van der Waals surface area contributed by atoms with E-state index >= 15 is 0 Å². The van der Waals surface area contributed by atoms with Crippen LogP contribution in [-0.4, -0.2) is 47.0 Å². The van der Waals surface area contributed by atoms with E-state index < -0.39 is 0 Å². The van der Waals surface area contributed by atoms with Crippen LogP contribution in [0.4, 0.5) is 0 Å². The van der Waals surface area contributed by atoms with Crippen LogP contribution in [0.15, 0.2) is 12.4 Å². The van der Waals surface area contributed by atoms with Gasteiger partial charge in [0, 0.05) is 37.9 Å². The monoisotopic (exact) mass is 266 g/mol. The van der Waals surface area contributed by atoms with Gasteiger partial charge in [0.05, 0.1) is 24.9 Å². The first-order chi connectivity index (χ1) is 9.28. The number of aromatic nitrogens is 2. The summed E-state index contributed by atoms with van der Waals surface area (Å²) in [6, 6.07) is 0.267. The third kappa shape index (κ3) is 3.55. The topological polar surface area (TPSA) is 56.3 Å². The maximum Gasteiger partial charge on any atom is 0.0700 e. The minimum atomic E-state index is 0.267. The Balaban J connectivity index is 2.05. The van der Waals surface area contributed by atoms with E-state index in [1.54, 1.807) is 0 Å². The lowest BCUT2D eigenvalue weighted by Gasteiger charge is -2.37. The van der Waals surface area contributed by atoms with E-state index in [0.29, 0.717) is 12.6 Å². The van der Waals surface area contributed by atoms with Crippen LogP contribution in [0.5, 0.6) is 0 Å². The zero-order valence-electron chi connectivity index (χ0n) is 12.1. The van der Waals surface area contributed by atoms with Crippen molar-refractivity contribution in [2.45, 2.75) is 45.4 Å². The Morgan fingerprint density at radius 2 is 2.37 bits per heavy atom. The molecule has 2 unspecified atom stereocenters. The maximum atomic E-state index is 5.99. The summed E-state index contributed by atoms with van der Waals surface area (Å²) in [4.78, 5) is 2.44. The third-order valence-corrected chi connectivity index (χ3v) is 3.78. The molecule has 19 heavy (non-hydrogen) atoms. The Hall–Kier alpha value is -0.910. The molecule has 2 atom stereocenters. The Bertz CT molecular complexity index is 379. The van der Waals surface area contributed by atoms with Crippen LogP contribution in [0, 0.1) is 0 Å². The standard InChI is InChI=1S/C14H26N4O/c1-3-5-18-10-12(9-16-18)14(8-15)17-6-7-19-13(4-2)11-17/h9-10,13-14H,3-8,11,15H2,1-2H3. The lowest BCUT2D eigenvalue weighted by molar-refractivity contribution is -0.0437. The van der Waals surface area contributed by atoms with Crippen LogP contribution < -0.4 is 5.73 Å². The molecule has 1 aromatic rings. The third-order valence-electron chi connectivity index (χ3n) is 3.78. The van der Waals surface area contributed by atoms with Gasteiger partial charge in [0.2, 0.25) is 0 Å². The molecule has 0 radical (unpaired) electrons. The Kier molecular flexibility index (Phi) is 5.36. The van der Waals surface area contributed by atoms with Crippen molar-refractivity contribution in [3.8, 4) is 0 Å². The molecule has 2 rings (SSSR count). The molecule has 2 heterocycles. The van der Waals surface area contributed by atoms with Gasteiger partial charge in [-0.25, -0.2) is 0 Å². The van der Waals surface area contributed by atoms with Crippen molar-refractivity contribution in [2.75, 3.05) is 26.2 Å². The highest BCUT2D eigenvalue weighted by atomic mass is 16.5. The second-order valence-corrected chi connectivity index (χ2v) is 5.18. The first-order valence-corrected chi connectivity index (χ1v) is 7.36. The summed E-state index contributed by atoms with van der Waals surface area (Å²) < 4.78 is 7.74. The van der Waals surface area contributed by atoms with Crippen molar-refractivity contribution < 1.29 is 4.74 Å². The highest BCUT2D eigenvalue weighted by molar-refractivity contribution is 5.11. The fraction of sp³-hybridized carbons (Fsp3) is 0.786. The quantitative estimate of drug-likeness (QED) is 0.845. The predicted molar refractivity (Wildman–Crippen MR) is 75.9 cm³/mol. The van der Waals surface area contributed by atoms with Crippen LogP contribution in [0.1, 0.15) is 38.3 Å². The molecule has 1 fully saturated rings. The molecule has 0 aromatic carbocycles. The van der Waals surface area contributed by atoms with Crippen LogP contribution >= 0.6 is 0 Å². The van der Waals surface area contributed by atoms with Crippen LogP contribution in [-0.2, 0) is 11.3 Å². The molecule has 1 aliphatic heterocycles. The molecule has 2 N–H and O–H groups in total. The van der Waals surface area contributed by atoms with Crippen LogP contribution in [0.3, 0.4) is 0 Å². The largest absolute Gasteiger partial charge is 0.376 e. The molecule has 0 saturated carbocycles. The van der Waals surface area contributed by atoms with Gasteiger partial charge in [-0.05, 0) is 12.8 Å². The summed E-state index contributed by atoms with van der Waals surface area (Å²) in [6.07, 6.45) is 6.60. The molecule has 108 valence electrons. The van der Waals surface area contributed by atoms with E-state index in [-0.39, 0.29) is 6.04 Å². The summed E-state index contributed by atoms with van der Waals surface area (Å²) >= 11 is 0. The van der Waals surface area contributed by atoms with Gasteiger partial charge in [-0.2, -0.15) is 5.10 Å². The number of hydrogen-bond acceptors (Lipinski definition) is 4. The molecular weight excluding hydrogens is 240 g/mol. The molecule has 0 spiro atoms. The molecule has 0 aliphatic carbocycles. The second-order valence-electron chi connectivity index (χ2n) is 5.18. The first-order valence-electron chi connectivity index (χ1n) is 7.36. The molecule has 1 aromatic heterocycles. The number of nitrogens with zero attached hydrogens (tertiary/aromatic N) is 3. The van der Waals surface area contributed by atoms with Crippen molar-refractivity contribution in [1.82, 2.24) is 14.7 Å². The highest BCUT2D eigenvalue weighted by Crippen LogP contribution is 2.22. The molecule has 1 aliphatic rings. The van der Waals surface area contributed by atoms with E-state index in [1.165, 1.54) is 5.56 Å². The van der Waals surface area contributed by atoms with Gasteiger partial charge in [-0.1, -0.05) is 13.8 Å². The van der Waals surface area contributed by atoms with Gasteiger partial charge in [0.25, 0.3) is 0 Å². The van der Waals surface area contributed by atoms with Gasteiger partial charge in [0.15, 0.2) is 0 Å². The van der Waals surface area contributed by atoms with Crippen LogP contribution in [0.25, 0.3) is 0 Å². The van der Waals surface area contributed by atoms with Gasteiger partial charge in [0.1, 0.15) is 0 Å². The minimum absolute atomic E-state index is 0.267. The van der Waals surface area contributed by atoms with E-state index in [4.69, 9.17) is 10.5 Å². The molecular formula is C14H26N4O. The number of aryl methyl sites for hydroxylation is 1. The SMILES string of the molecule is CCCn1cc(C(CN)N2CCOC(CC)C2)cn1. The van der Waals surface area contributed by atoms with Gasteiger partial charge in [-0.15, -0.1) is 0 Å². The highest BCUT2D eigenvalue weighted by Gasteiger charge is 2.26. The summed E-state index contributed by atoms with van der Waals surface area (Å²) in [5, 5.41) is 4.41. The van der Waals surface area contributed by atoms with Crippen molar-refractivity contribution in [2.24, 2.45) is 5.73 Å². The summed E-state index contributed by atoms with van der Waals surface area (Å²) in [5.41, 5.74) is 7.22. The van der Waals surface area contributed by atoms with E-state index in [0.717, 1.165) is 39.1 Å². The van der Waals surface area contributed by atoms with Gasteiger partial charge < -0.3 is 10.5 Å². The Morgan fingerprint density at radius 3 is 3.05 bits per heavy atom. The predicted octanol–water partition coefficient (Wildman–Crippen LogP) is 1.40. The number of nitrogens with two attached hydrogens (primary N) is 1. The lowest BCUT2D eigenvalue weighted by Crippen LogP contribution is -2.45. The van der Waals surface area contributed by atoms with Crippen LogP contribution in [0.2, 0.25) is 0 Å². The van der Waals surface area contributed by atoms with Crippen molar-refractivity contribution >= 4 is 0 Å². The molecule has 5 heteroatoms. The van der Waals surface area contributed by atoms with E-state index in [9.17, 15) is 0 Å². The maximum absolute atomic E-state index is 5.99. The number of morpholine rings is 1. The van der Waals surface area contributed by atoms with Crippen molar-refractivity contribution in [3.05, 3.63) is 18.0 Å². The average Bonchev–Trinajstić information content (AvgIpc) is 2.89. The van der Waals surface area contributed by atoms with E-state index in [2.05, 4.69) is 30.0 Å². The minimum Gasteiger partial charge on any atom is -0.376 e. The zero-order valence-corrected chi connectivity index (χ0v) is 12.1. The average molecular weight is 266 g/mol. The van der Waals surface area contributed by atoms with Gasteiger partial charge >= 0.3 is 0 Å². The van der Waals surface area contributed by atoms with E-state index in [1.807, 2.05) is 10.9 Å². The summed E-state index contributed by atoms with van der Waals surface area (Å²) in [7, 11) is 0. The van der Waals surface area contributed by atoms with Crippen molar-refractivity contribution in [3.63, 3.8) is 0 Å². The lowest BCUT2D eigenvalue weighted by atomic mass is 10.1. The zero-order chi connectivity index (χ0) is 13.7. The fourth-order valence-corrected chi connectivity index (χ4v) is 2.67. The Morgan fingerprint density at radius 1 is 1.53 bits per heavy atom. The smallest absolute Gasteiger partial charge is 0.0700 e. The van der Waals surface area contributed by atoms with Crippen molar-refractivity contribution in [1.29, 1.82) is 0 Å². The summed E-state index contributed by atoms with van der Waals surface area (Å²) in [5.74, 6) is 0.